The number of hydrogen-bond acceptors (Lipinski definition) is 7. The minimum absolute atomic E-state index is 0.0842. The number of para-hydroxylation sites is 1. The molecular formula is C30H34FN5O5S. The quantitative estimate of drug-likeness (QED) is 0.196. The fourth-order valence-electron chi connectivity index (χ4n) is 4.78. The number of hydrogen-bond donors (Lipinski definition) is 4. The molecule has 1 saturated heterocycles. The largest absolute Gasteiger partial charge is 0.457 e. The van der Waals surface area contributed by atoms with E-state index in [-0.39, 0.29) is 25.4 Å². The van der Waals surface area contributed by atoms with Gasteiger partial charge in [0, 0.05) is 34.9 Å². The number of nitrogen functional groups attached to an aromatic ring is 1. The maximum atomic E-state index is 15.6. The van der Waals surface area contributed by atoms with Crippen molar-refractivity contribution in [3.05, 3.63) is 81.5 Å². The Morgan fingerprint density at radius 2 is 1.93 bits per heavy atom. The molecule has 4 rings (SSSR count). The van der Waals surface area contributed by atoms with Gasteiger partial charge < -0.3 is 30.7 Å². The summed E-state index contributed by atoms with van der Waals surface area (Å²) in [6, 6.07) is 14.3. The van der Waals surface area contributed by atoms with Crippen LogP contribution in [0.3, 0.4) is 0 Å². The molecule has 10 nitrogen and oxygen atoms in total. The number of amides is 3. The van der Waals surface area contributed by atoms with Gasteiger partial charge in [-0.1, -0.05) is 18.2 Å². The molecule has 1 aliphatic heterocycles. The fourth-order valence-corrected chi connectivity index (χ4v) is 5.69. The molecule has 0 saturated carbocycles. The third kappa shape index (κ3) is 7.31. The molecule has 2 heterocycles. The number of rotatable bonds is 11. The van der Waals surface area contributed by atoms with Crippen molar-refractivity contribution in [2.45, 2.75) is 38.0 Å². The first-order valence-electron chi connectivity index (χ1n) is 13.3. The molecule has 1 aliphatic rings. The van der Waals surface area contributed by atoms with Gasteiger partial charge in [0.25, 0.3) is 5.91 Å². The molecule has 0 unspecified atom stereocenters. The minimum atomic E-state index is -1.92. The molecule has 0 aliphatic carbocycles. The van der Waals surface area contributed by atoms with E-state index in [9.17, 15) is 14.4 Å². The Morgan fingerprint density at radius 1 is 1.19 bits per heavy atom. The lowest BCUT2D eigenvalue weighted by Gasteiger charge is -2.25. The Morgan fingerprint density at radius 3 is 2.57 bits per heavy atom. The van der Waals surface area contributed by atoms with Gasteiger partial charge >= 0.3 is 0 Å². The number of methoxy groups -OCH3 is 1. The Kier molecular flexibility index (Phi) is 9.59. The predicted molar refractivity (Wildman–Crippen MR) is 158 cm³/mol. The summed E-state index contributed by atoms with van der Waals surface area (Å²) in [5, 5.41) is 14.7. The average molecular weight is 596 g/mol. The van der Waals surface area contributed by atoms with Crippen molar-refractivity contribution in [2.75, 3.05) is 26.8 Å². The van der Waals surface area contributed by atoms with Crippen LogP contribution >= 0.6 is 11.3 Å². The van der Waals surface area contributed by atoms with Crippen LogP contribution in [0.25, 0.3) is 0 Å². The maximum Gasteiger partial charge on any atom is 0.251 e. The Hall–Kier alpha value is -4.29. The number of benzene rings is 2. The molecule has 1 fully saturated rings. The number of carbonyl (C=O) groups is 3. The van der Waals surface area contributed by atoms with Crippen LogP contribution < -0.4 is 21.1 Å². The fraction of sp³-hybridized carbons (Fsp3) is 0.333. The van der Waals surface area contributed by atoms with E-state index in [1.165, 1.54) is 18.4 Å². The molecule has 2 aromatic carbocycles. The number of aryl methyl sites for hydroxylation is 1. The highest BCUT2D eigenvalue weighted by atomic mass is 32.1. The lowest BCUT2D eigenvalue weighted by atomic mass is 10.0. The molecule has 5 N–H and O–H groups in total. The number of alkyl halides is 1. The maximum absolute atomic E-state index is 15.6. The van der Waals surface area contributed by atoms with Crippen molar-refractivity contribution >= 4 is 34.9 Å². The van der Waals surface area contributed by atoms with Crippen LogP contribution in [-0.2, 0) is 14.3 Å². The van der Waals surface area contributed by atoms with Crippen molar-refractivity contribution in [3.8, 4) is 11.5 Å². The zero-order valence-corrected chi connectivity index (χ0v) is 24.4. The average Bonchev–Trinajstić information content (AvgIpc) is 3.59. The highest BCUT2D eigenvalue weighted by molar-refractivity contribution is 7.10. The van der Waals surface area contributed by atoms with Gasteiger partial charge in [-0.2, -0.15) is 0 Å². The highest BCUT2D eigenvalue weighted by Crippen LogP contribution is 2.32. The summed E-state index contributed by atoms with van der Waals surface area (Å²) >= 11 is 1.33. The van der Waals surface area contributed by atoms with Crippen molar-refractivity contribution < 1.29 is 28.2 Å². The van der Waals surface area contributed by atoms with Crippen LogP contribution in [0, 0.1) is 12.3 Å². The number of thiophene rings is 1. The first-order valence-corrected chi connectivity index (χ1v) is 14.2. The van der Waals surface area contributed by atoms with Gasteiger partial charge in [0.2, 0.25) is 11.8 Å². The molecule has 0 spiro atoms. The van der Waals surface area contributed by atoms with Crippen LogP contribution in [0.5, 0.6) is 11.5 Å². The number of carbonyl (C=O) groups excluding carboxylic acids is 3. The number of likely N-dealkylation sites (tertiary alicyclic amines) is 1. The first-order chi connectivity index (χ1) is 20.0. The third-order valence-corrected chi connectivity index (χ3v) is 8.06. The smallest absolute Gasteiger partial charge is 0.251 e. The molecule has 0 bridgehead atoms. The van der Waals surface area contributed by atoms with E-state index in [1.54, 1.807) is 36.6 Å². The van der Waals surface area contributed by atoms with E-state index in [2.05, 4.69) is 10.6 Å². The highest BCUT2D eigenvalue weighted by Gasteiger charge is 2.49. The molecule has 3 atom stereocenters. The Bertz CT molecular complexity index is 1470. The van der Waals surface area contributed by atoms with Gasteiger partial charge in [-0.05, 0) is 55.8 Å². The van der Waals surface area contributed by atoms with Crippen molar-refractivity contribution in [2.24, 2.45) is 5.73 Å². The van der Waals surface area contributed by atoms with Gasteiger partial charge in [-0.15, -0.1) is 11.3 Å². The zero-order chi connectivity index (χ0) is 30.4. The summed E-state index contributed by atoms with van der Waals surface area (Å²) in [6.45, 7) is 2.51. The molecule has 3 aromatic rings. The van der Waals surface area contributed by atoms with Gasteiger partial charge in [0.15, 0.2) is 5.67 Å². The molecule has 3 amide bonds. The summed E-state index contributed by atoms with van der Waals surface area (Å²) < 4.78 is 26.4. The van der Waals surface area contributed by atoms with Gasteiger partial charge in [-0.25, -0.2) is 4.39 Å². The standard InChI is InChI=1S/C30H34FN5O5S/c1-18-11-20(9-10-24(18)41-22-7-5-4-6-8-22)28(38)34-14-26(37)36-16-30(31,17-40-3)13-23(36)29(39)35-19(2)25-12-21(15-42-25)27(32)33/h4-12,15,19,23H,13-14,16-17H2,1-3H3,(H3,32,33)(H,34,38)(H,35,39)/t19-,23+,30-/m1/s1. The monoisotopic (exact) mass is 595 g/mol. The summed E-state index contributed by atoms with van der Waals surface area (Å²) in [5.41, 5.74) is 5.21. The number of ether oxygens (including phenoxy) is 2. The third-order valence-electron chi connectivity index (χ3n) is 6.94. The van der Waals surface area contributed by atoms with Crippen molar-refractivity contribution in [3.63, 3.8) is 0 Å². The number of nitrogens with two attached hydrogens (primary N) is 1. The molecule has 12 heteroatoms. The van der Waals surface area contributed by atoms with E-state index in [0.29, 0.717) is 22.6 Å². The number of nitrogens with zero attached hydrogens (tertiary/aromatic N) is 1. The lowest BCUT2D eigenvalue weighted by molar-refractivity contribution is -0.138. The second kappa shape index (κ2) is 13.1. The molecule has 222 valence electrons. The van der Waals surface area contributed by atoms with Gasteiger partial charge in [0.05, 0.1) is 25.7 Å². The zero-order valence-electron chi connectivity index (χ0n) is 23.6. The van der Waals surface area contributed by atoms with Crippen LogP contribution in [-0.4, -0.2) is 67.0 Å². The summed E-state index contributed by atoms with van der Waals surface area (Å²) in [5.74, 6) is -0.447. The lowest BCUT2D eigenvalue weighted by Crippen LogP contribution is -2.49. The SMILES string of the molecule is COC[C@@]1(F)C[C@@H](C(=O)N[C@H](C)c2cc(C(=N)N)cs2)N(C(=O)CNC(=O)c2ccc(Oc3ccccc3)c(C)c2)C1. The van der Waals surface area contributed by atoms with Gasteiger partial charge in [-0.3, -0.25) is 19.8 Å². The first kappa shape index (κ1) is 30.7. The van der Waals surface area contributed by atoms with E-state index >= 15 is 4.39 Å². The van der Waals surface area contributed by atoms with Crippen LogP contribution in [0.1, 0.15) is 45.7 Å². The molecule has 42 heavy (non-hydrogen) atoms. The van der Waals surface area contributed by atoms with E-state index in [4.69, 9.17) is 20.6 Å². The predicted octanol–water partition coefficient (Wildman–Crippen LogP) is 3.70. The van der Waals surface area contributed by atoms with E-state index in [0.717, 1.165) is 15.3 Å². The molecule has 0 radical (unpaired) electrons. The summed E-state index contributed by atoms with van der Waals surface area (Å²) in [6.07, 6.45) is -0.246. The van der Waals surface area contributed by atoms with Crippen molar-refractivity contribution in [1.29, 1.82) is 5.41 Å². The second-order valence-corrected chi connectivity index (χ2v) is 11.2. The van der Waals surface area contributed by atoms with Crippen LogP contribution in [0.2, 0.25) is 0 Å². The summed E-state index contributed by atoms with van der Waals surface area (Å²) in [4.78, 5) is 41.3. The topological polar surface area (TPSA) is 147 Å². The van der Waals surface area contributed by atoms with E-state index in [1.807, 2.05) is 37.3 Å². The van der Waals surface area contributed by atoms with Crippen LogP contribution in [0.15, 0.2) is 60.0 Å². The summed E-state index contributed by atoms with van der Waals surface area (Å²) in [7, 11) is 1.35. The minimum Gasteiger partial charge on any atom is -0.457 e. The van der Waals surface area contributed by atoms with Crippen LogP contribution in [0.4, 0.5) is 4.39 Å². The Balaban J connectivity index is 1.40. The number of nitrogens with one attached hydrogen (secondary N) is 3. The normalized spacial score (nSPS) is 18.8. The second-order valence-electron chi connectivity index (χ2n) is 10.3. The number of amidine groups is 1. The van der Waals surface area contributed by atoms with E-state index < -0.39 is 42.0 Å². The Labute approximate surface area is 247 Å². The van der Waals surface area contributed by atoms with Gasteiger partial charge in [0.1, 0.15) is 23.4 Å². The number of halogens is 1. The van der Waals surface area contributed by atoms with Crippen molar-refractivity contribution in [1.82, 2.24) is 15.5 Å². The molecule has 1 aromatic heterocycles. The molecular weight excluding hydrogens is 561 g/mol.